The van der Waals surface area contributed by atoms with Crippen LogP contribution in [0.25, 0.3) is 0 Å². The van der Waals surface area contributed by atoms with E-state index < -0.39 is 16.0 Å². The molecule has 0 saturated carbocycles. The van der Waals surface area contributed by atoms with Crippen molar-refractivity contribution in [2.24, 2.45) is 0 Å². The second kappa shape index (κ2) is 16.0. The largest absolute Gasteiger partial charge is 0.368 e. The molecule has 0 radical (unpaired) electrons. The van der Waals surface area contributed by atoms with E-state index in [0.717, 1.165) is 29.7 Å². The molecule has 190 valence electrons. The summed E-state index contributed by atoms with van der Waals surface area (Å²) >= 11 is 1.21. The molecule has 1 aromatic heterocycles. The molecule has 2 rings (SSSR count). The summed E-state index contributed by atoms with van der Waals surface area (Å²) in [5.74, 6) is -0.404. The molecule has 0 atom stereocenters. The zero-order chi connectivity index (χ0) is 24.7. The molecule has 1 heterocycles. The van der Waals surface area contributed by atoms with Gasteiger partial charge in [0.15, 0.2) is 0 Å². The summed E-state index contributed by atoms with van der Waals surface area (Å²) in [6.45, 7) is 4.81. The number of carbonyl (C=O) groups excluding carboxylic acids is 1. The predicted molar refractivity (Wildman–Crippen MR) is 139 cm³/mol. The lowest BCUT2D eigenvalue weighted by molar-refractivity contribution is -0.193. The molecule has 2 aromatic rings. The van der Waals surface area contributed by atoms with Gasteiger partial charge in [0.1, 0.15) is 4.21 Å². The maximum atomic E-state index is 12.7. The molecule has 1 aromatic carbocycles. The van der Waals surface area contributed by atoms with Crippen LogP contribution in [0.1, 0.15) is 88.5 Å². The topological polar surface area (TPSA) is 75.7 Å². The SMILES string of the molecule is CCCCCCCCCCCCNS(=O)(=O)c1ccc(CN(Cc2ccccc2)OC(C)=O)s1. The lowest BCUT2D eigenvalue weighted by Gasteiger charge is -2.19. The Morgan fingerprint density at radius 1 is 0.882 bits per heavy atom. The number of sulfonamides is 1. The number of hydroxylamine groups is 2. The first-order valence-electron chi connectivity index (χ1n) is 12.5. The van der Waals surface area contributed by atoms with E-state index in [2.05, 4.69) is 11.6 Å². The molecule has 0 amide bonds. The zero-order valence-corrected chi connectivity index (χ0v) is 22.3. The average Bonchev–Trinajstić information content (AvgIpc) is 3.27. The van der Waals surface area contributed by atoms with Gasteiger partial charge in [-0.25, -0.2) is 13.1 Å². The first-order valence-corrected chi connectivity index (χ1v) is 14.8. The Kier molecular flexibility index (Phi) is 13.4. The van der Waals surface area contributed by atoms with E-state index in [1.807, 2.05) is 30.3 Å². The van der Waals surface area contributed by atoms with Gasteiger partial charge in [0.05, 0.1) is 13.1 Å². The van der Waals surface area contributed by atoms with Gasteiger partial charge in [0.2, 0.25) is 10.0 Å². The number of hydrogen-bond donors (Lipinski definition) is 1. The fourth-order valence-corrected chi connectivity index (χ4v) is 6.22. The minimum absolute atomic E-state index is 0.289. The summed E-state index contributed by atoms with van der Waals surface area (Å²) in [5, 5.41) is 1.55. The number of benzene rings is 1. The molecule has 0 aliphatic rings. The number of nitrogens with zero attached hydrogens (tertiary/aromatic N) is 1. The maximum Gasteiger partial charge on any atom is 0.322 e. The normalized spacial score (nSPS) is 11.7. The molecule has 8 heteroatoms. The van der Waals surface area contributed by atoms with Gasteiger partial charge < -0.3 is 4.84 Å². The van der Waals surface area contributed by atoms with Gasteiger partial charge >= 0.3 is 5.97 Å². The number of rotatable bonds is 18. The van der Waals surface area contributed by atoms with Gasteiger partial charge in [0.25, 0.3) is 0 Å². The summed E-state index contributed by atoms with van der Waals surface area (Å²) in [5.41, 5.74) is 1.01. The molecule has 0 spiro atoms. The van der Waals surface area contributed by atoms with Crippen molar-refractivity contribution in [1.29, 1.82) is 0 Å². The molecule has 0 fully saturated rings. The molecule has 0 unspecified atom stereocenters. The fraction of sp³-hybridized carbons (Fsp3) is 0.577. The van der Waals surface area contributed by atoms with Gasteiger partial charge in [-0.05, 0) is 24.1 Å². The Hall–Kier alpha value is -1.74. The molecule has 0 aliphatic carbocycles. The van der Waals surface area contributed by atoms with Crippen molar-refractivity contribution in [1.82, 2.24) is 9.79 Å². The van der Waals surface area contributed by atoms with Crippen LogP contribution >= 0.6 is 11.3 Å². The molecule has 0 bridgehead atoms. The first-order chi connectivity index (χ1) is 16.4. The third-order valence-electron chi connectivity index (χ3n) is 5.52. The Labute approximate surface area is 209 Å². The van der Waals surface area contributed by atoms with Crippen molar-refractivity contribution in [2.75, 3.05) is 6.54 Å². The van der Waals surface area contributed by atoms with Crippen molar-refractivity contribution >= 4 is 27.3 Å². The van der Waals surface area contributed by atoms with Crippen LogP contribution in [0.15, 0.2) is 46.7 Å². The highest BCUT2D eigenvalue weighted by atomic mass is 32.2. The number of unbranched alkanes of at least 4 members (excludes halogenated alkanes) is 9. The van der Waals surface area contributed by atoms with E-state index in [-0.39, 0.29) is 4.21 Å². The van der Waals surface area contributed by atoms with Gasteiger partial charge in [-0.1, -0.05) is 95.0 Å². The summed E-state index contributed by atoms with van der Waals surface area (Å²) in [6.07, 6.45) is 12.2. The Morgan fingerprint density at radius 2 is 1.50 bits per heavy atom. The van der Waals surface area contributed by atoms with Crippen molar-refractivity contribution in [3.05, 3.63) is 52.9 Å². The van der Waals surface area contributed by atoms with Crippen LogP contribution in [0.4, 0.5) is 0 Å². The van der Waals surface area contributed by atoms with Crippen LogP contribution in [0.3, 0.4) is 0 Å². The third kappa shape index (κ3) is 11.6. The Bertz CT molecular complexity index is 929. The van der Waals surface area contributed by atoms with Crippen molar-refractivity contribution in [3.63, 3.8) is 0 Å². The van der Waals surface area contributed by atoms with Gasteiger partial charge in [-0.2, -0.15) is 0 Å². The van der Waals surface area contributed by atoms with Crippen molar-refractivity contribution < 1.29 is 18.0 Å². The summed E-state index contributed by atoms with van der Waals surface area (Å²) < 4.78 is 28.3. The number of carbonyl (C=O) groups is 1. The summed E-state index contributed by atoms with van der Waals surface area (Å²) in [6, 6.07) is 13.1. The second-order valence-corrected chi connectivity index (χ2v) is 11.8. The quantitative estimate of drug-likeness (QED) is 0.186. The molecule has 34 heavy (non-hydrogen) atoms. The highest BCUT2D eigenvalue weighted by molar-refractivity contribution is 7.91. The predicted octanol–water partition coefficient (Wildman–Crippen LogP) is 6.43. The van der Waals surface area contributed by atoms with E-state index in [1.54, 1.807) is 17.2 Å². The Balaban J connectivity index is 1.73. The first kappa shape index (κ1) is 28.5. The Morgan fingerprint density at radius 3 is 2.12 bits per heavy atom. The summed E-state index contributed by atoms with van der Waals surface area (Å²) in [4.78, 5) is 17.7. The maximum absolute atomic E-state index is 12.7. The second-order valence-electron chi connectivity index (χ2n) is 8.67. The molecular weight excluding hydrogens is 468 g/mol. The van der Waals surface area contributed by atoms with Crippen LogP contribution in [0, 0.1) is 0 Å². The monoisotopic (exact) mass is 508 g/mol. The molecule has 0 aliphatic heterocycles. The van der Waals surface area contributed by atoms with E-state index in [0.29, 0.717) is 19.6 Å². The van der Waals surface area contributed by atoms with E-state index in [4.69, 9.17) is 4.84 Å². The van der Waals surface area contributed by atoms with E-state index in [9.17, 15) is 13.2 Å². The zero-order valence-electron chi connectivity index (χ0n) is 20.6. The highest BCUT2D eigenvalue weighted by Crippen LogP contribution is 2.24. The fourth-order valence-electron chi connectivity index (χ4n) is 3.74. The number of hydrogen-bond acceptors (Lipinski definition) is 6. The van der Waals surface area contributed by atoms with Crippen LogP contribution in [0.2, 0.25) is 0 Å². The summed E-state index contributed by atoms with van der Waals surface area (Å²) in [7, 11) is -3.53. The van der Waals surface area contributed by atoms with Crippen LogP contribution in [-0.2, 0) is 32.7 Å². The number of nitrogens with one attached hydrogen (secondary N) is 1. The smallest absolute Gasteiger partial charge is 0.322 e. The highest BCUT2D eigenvalue weighted by Gasteiger charge is 2.18. The third-order valence-corrected chi connectivity index (χ3v) is 8.54. The van der Waals surface area contributed by atoms with Gasteiger partial charge in [0, 0.05) is 18.3 Å². The number of thiophene rings is 1. The minimum Gasteiger partial charge on any atom is -0.368 e. The molecule has 0 saturated heterocycles. The minimum atomic E-state index is -3.53. The molecule has 1 N–H and O–H groups in total. The van der Waals surface area contributed by atoms with Gasteiger partial charge in [-0.3, -0.25) is 4.79 Å². The van der Waals surface area contributed by atoms with Crippen LogP contribution < -0.4 is 4.72 Å². The standard InChI is InChI=1S/C26H40N2O4S2/c1-3-4-5-6-7-8-9-10-11-15-20-27-34(30,31)26-19-18-25(33-26)22-28(32-23(2)29)21-24-16-13-12-14-17-24/h12-14,16-19,27H,3-11,15,20-22H2,1-2H3. The lowest BCUT2D eigenvalue weighted by Crippen LogP contribution is -2.25. The van der Waals surface area contributed by atoms with Crippen LogP contribution in [0.5, 0.6) is 0 Å². The van der Waals surface area contributed by atoms with Gasteiger partial charge in [-0.15, -0.1) is 16.4 Å². The van der Waals surface area contributed by atoms with Crippen LogP contribution in [-0.4, -0.2) is 26.0 Å². The molecule has 6 nitrogen and oxygen atoms in total. The molecular formula is C26H40N2O4S2. The van der Waals surface area contributed by atoms with Crippen molar-refractivity contribution in [2.45, 2.75) is 95.4 Å². The van der Waals surface area contributed by atoms with E-state index in [1.165, 1.54) is 63.2 Å². The van der Waals surface area contributed by atoms with Crippen molar-refractivity contribution in [3.8, 4) is 0 Å². The lowest BCUT2D eigenvalue weighted by atomic mass is 10.1. The average molecular weight is 509 g/mol. The van der Waals surface area contributed by atoms with E-state index >= 15 is 0 Å².